The normalized spacial score (nSPS) is 11.0. The van der Waals surface area contributed by atoms with Crippen molar-refractivity contribution in [3.05, 3.63) is 59.3 Å². The summed E-state index contributed by atoms with van der Waals surface area (Å²) in [6, 6.07) is 7.29. The van der Waals surface area contributed by atoms with Crippen LogP contribution >= 0.6 is 11.3 Å². The third kappa shape index (κ3) is 3.15. The molecule has 0 aliphatic rings. The van der Waals surface area contributed by atoms with Gasteiger partial charge in [0.05, 0.1) is 5.69 Å². The number of H-pyrrole nitrogens is 1. The van der Waals surface area contributed by atoms with Gasteiger partial charge in [0.1, 0.15) is 11.0 Å². The van der Waals surface area contributed by atoms with Gasteiger partial charge in [-0.3, -0.25) is 10.1 Å². The highest BCUT2D eigenvalue weighted by Crippen LogP contribution is 2.30. The lowest BCUT2D eigenvalue weighted by molar-refractivity contribution is 0.102. The number of carbonyl (C=O) groups excluding carboxylic acids is 1. The average Bonchev–Trinajstić information content (AvgIpc) is 3.36. The predicted molar refractivity (Wildman–Crippen MR) is 107 cm³/mol. The van der Waals surface area contributed by atoms with Crippen LogP contribution in [-0.4, -0.2) is 30.9 Å². The van der Waals surface area contributed by atoms with Crippen LogP contribution in [0.25, 0.3) is 22.3 Å². The van der Waals surface area contributed by atoms with Crippen molar-refractivity contribution in [2.45, 2.75) is 20.4 Å². The Kier molecular flexibility index (Phi) is 4.33. The van der Waals surface area contributed by atoms with Gasteiger partial charge in [0.2, 0.25) is 0 Å². The molecule has 4 aromatic rings. The number of hydrogen-bond donors (Lipinski definition) is 2. The van der Waals surface area contributed by atoms with Gasteiger partial charge in [-0.15, -0.1) is 17.9 Å². The van der Waals surface area contributed by atoms with Crippen molar-refractivity contribution in [2.75, 3.05) is 5.32 Å². The van der Waals surface area contributed by atoms with Crippen molar-refractivity contribution in [2.24, 2.45) is 0 Å². The van der Waals surface area contributed by atoms with E-state index >= 15 is 0 Å². The van der Waals surface area contributed by atoms with Crippen molar-refractivity contribution in [3.8, 4) is 11.3 Å². The molecule has 0 unspecified atom stereocenters. The lowest BCUT2D eigenvalue weighted by Gasteiger charge is -2.05. The predicted octanol–water partition coefficient (Wildman–Crippen LogP) is 3.94. The number of thiazole rings is 1. The van der Waals surface area contributed by atoms with Crippen LogP contribution in [-0.2, 0) is 6.54 Å². The molecule has 0 saturated carbocycles. The van der Waals surface area contributed by atoms with Gasteiger partial charge in [-0.05, 0) is 38.1 Å². The third-order valence-corrected chi connectivity index (χ3v) is 5.22. The standard InChI is InChI=1S/C19H18N6OS/c1-4-7-25-11(2)8-14(12(25)3)17-10-27-19(20-17)21-18(26)13-5-6-15-16(9-13)23-24-22-15/h4-6,8-10H,1,7H2,2-3H3,(H,20,21,26)(H,22,23,24). The summed E-state index contributed by atoms with van der Waals surface area (Å²) < 4.78 is 2.19. The molecule has 7 nitrogen and oxygen atoms in total. The summed E-state index contributed by atoms with van der Waals surface area (Å²) >= 11 is 1.40. The minimum atomic E-state index is -0.224. The minimum absolute atomic E-state index is 0.224. The number of nitrogens with one attached hydrogen (secondary N) is 2. The molecule has 27 heavy (non-hydrogen) atoms. The van der Waals surface area contributed by atoms with Crippen molar-refractivity contribution in [1.82, 2.24) is 25.0 Å². The highest BCUT2D eigenvalue weighted by molar-refractivity contribution is 7.14. The summed E-state index contributed by atoms with van der Waals surface area (Å²) in [5, 5.41) is 15.9. The average molecular weight is 378 g/mol. The molecule has 0 atom stereocenters. The zero-order chi connectivity index (χ0) is 19.0. The minimum Gasteiger partial charge on any atom is -0.345 e. The Morgan fingerprint density at radius 3 is 2.93 bits per heavy atom. The fraction of sp³-hybridized carbons (Fsp3) is 0.158. The smallest absolute Gasteiger partial charge is 0.257 e. The molecule has 0 radical (unpaired) electrons. The van der Waals surface area contributed by atoms with E-state index in [-0.39, 0.29) is 5.91 Å². The lowest BCUT2D eigenvalue weighted by Crippen LogP contribution is -2.11. The van der Waals surface area contributed by atoms with Crippen LogP contribution < -0.4 is 5.32 Å². The van der Waals surface area contributed by atoms with Gasteiger partial charge in [0, 0.05) is 34.4 Å². The van der Waals surface area contributed by atoms with Crippen LogP contribution in [0.2, 0.25) is 0 Å². The highest BCUT2D eigenvalue weighted by atomic mass is 32.1. The number of nitrogens with zero attached hydrogens (tertiary/aromatic N) is 4. The summed E-state index contributed by atoms with van der Waals surface area (Å²) in [5.74, 6) is -0.224. The van der Waals surface area contributed by atoms with E-state index in [1.807, 2.05) is 11.5 Å². The number of aryl methyl sites for hydroxylation is 1. The van der Waals surface area contributed by atoms with Crippen LogP contribution in [0, 0.1) is 13.8 Å². The number of carbonyl (C=O) groups is 1. The van der Waals surface area contributed by atoms with Crippen LogP contribution in [0.4, 0.5) is 5.13 Å². The van der Waals surface area contributed by atoms with Gasteiger partial charge in [0.15, 0.2) is 5.13 Å². The van der Waals surface area contributed by atoms with Gasteiger partial charge in [-0.1, -0.05) is 6.08 Å². The Bertz CT molecular complexity index is 1150. The Morgan fingerprint density at radius 1 is 1.30 bits per heavy atom. The Labute approximate surface area is 159 Å². The van der Waals surface area contributed by atoms with Crippen LogP contribution in [0.3, 0.4) is 0 Å². The number of anilines is 1. The first kappa shape index (κ1) is 17.2. The summed E-state index contributed by atoms with van der Waals surface area (Å²) in [6.45, 7) is 8.70. The van der Waals surface area contributed by atoms with E-state index in [2.05, 4.69) is 56.8 Å². The monoisotopic (exact) mass is 378 g/mol. The van der Waals surface area contributed by atoms with E-state index in [0.717, 1.165) is 34.7 Å². The van der Waals surface area contributed by atoms with Gasteiger partial charge >= 0.3 is 0 Å². The lowest BCUT2D eigenvalue weighted by atomic mass is 10.2. The van der Waals surface area contributed by atoms with Crippen molar-refractivity contribution in [3.63, 3.8) is 0 Å². The van der Waals surface area contributed by atoms with Gasteiger partial charge in [-0.2, -0.15) is 15.4 Å². The molecule has 136 valence electrons. The number of aromatic nitrogens is 5. The second-order valence-corrected chi connectivity index (χ2v) is 7.06. The van der Waals surface area contributed by atoms with E-state index in [9.17, 15) is 4.79 Å². The number of fused-ring (bicyclic) bond motifs is 1. The third-order valence-electron chi connectivity index (χ3n) is 4.46. The second-order valence-electron chi connectivity index (χ2n) is 6.20. The molecule has 0 spiro atoms. The quantitative estimate of drug-likeness (QED) is 0.515. The van der Waals surface area contributed by atoms with Gasteiger partial charge in [0.25, 0.3) is 5.91 Å². The second kappa shape index (κ2) is 6.81. The van der Waals surface area contributed by atoms with E-state index in [1.165, 1.54) is 11.3 Å². The van der Waals surface area contributed by atoms with E-state index < -0.39 is 0 Å². The first-order valence-electron chi connectivity index (χ1n) is 8.42. The fourth-order valence-corrected chi connectivity index (χ4v) is 3.78. The molecule has 3 aromatic heterocycles. The molecule has 1 amide bonds. The van der Waals surface area contributed by atoms with Crippen LogP contribution in [0.1, 0.15) is 21.7 Å². The largest absolute Gasteiger partial charge is 0.345 e. The summed E-state index contributed by atoms with van der Waals surface area (Å²) in [6.07, 6.45) is 1.88. The molecule has 2 N–H and O–H groups in total. The van der Waals surface area contributed by atoms with Gasteiger partial charge in [-0.25, -0.2) is 4.98 Å². The van der Waals surface area contributed by atoms with E-state index in [0.29, 0.717) is 16.2 Å². The summed E-state index contributed by atoms with van der Waals surface area (Å²) in [7, 11) is 0. The Balaban J connectivity index is 1.56. The maximum Gasteiger partial charge on any atom is 0.257 e. The molecular formula is C19H18N6OS. The number of hydrogen-bond acceptors (Lipinski definition) is 5. The topological polar surface area (TPSA) is 88.5 Å². The Hall–Kier alpha value is -3.26. The Morgan fingerprint density at radius 2 is 2.11 bits per heavy atom. The van der Waals surface area contributed by atoms with Crippen molar-refractivity contribution < 1.29 is 4.79 Å². The molecule has 0 aliphatic heterocycles. The van der Waals surface area contributed by atoms with E-state index in [1.54, 1.807) is 18.2 Å². The molecule has 8 heteroatoms. The molecule has 4 rings (SSSR count). The van der Waals surface area contributed by atoms with Crippen LogP contribution in [0.15, 0.2) is 42.3 Å². The molecule has 0 fully saturated rings. The zero-order valence-corrected chi connectivity index (χ0v) is 15.8. The number of allylic oxidation sites excluding steroid dienone is 1. The molecule has 3 heterocycles. The van der Waals surface area contributed by atoms with Crippen LogP contribution in [0.5, 0.6) is 0 Å². The maximum atomic E-state index is 12.5. The summed E-state index contributed by atoms with van der Waals surface area (Å²) in [5.41, 5.74) is 6.09. The SMILES string of the molecule is C=CCn1c(C)cc(-c2csc(NC(=O)c3ccc4n[nH]nc4c3)n2)c1C. The number of benzene rings is 1. The first-order valence-corrected chi connectivity index (χ1v) is 9.30. The molecular weight excluding hydrogens is 360 g/mol. The number of rotatable bonds is 5. The highest BCUT2D eigenvalue weighted by Gasteiger charge is 2.15. The van der Waals surface area contributed by atoms with Crippen molar-refractivity contribution >= 4 is 33.4 Å². The summed E-state index contributed by atoms with van der Waals surface area (Å²) in [4.78, 5) is 17.1. The number of amides is 1. The molecule has 1 aromatic carbocycles. The van der Waals surface area contributed by atoms with Crippen molar-refractivity contribution in [1.29, 1.82) is 0 Å². The zero-order valence-electron chi connectivity index (χ0n) is 15.0. The fourth-order valence-electron chi connectivity index (χ4n) is 3.08. The molecule has 0 aliphatic carbocycles. The number of aromatic amines is 1. The van der Waals surface area contributed by atoms with E-state index in [4.69, 9.17) is 0 Å². The maximum absolute atomic E-state index is 12.5. The molecule has 0 bridgehead atoms. The first-order chi connectivity index (χ1) is 13.1. The molecule has 0 saturated heterocycles. The van der Waals surface area contributed by atoms with Gasteiger partial charge < -0.3 is 4.57 Å².